The minimum absolute atomic E-state index is 0.0327. The number of hydrogen-bond donors (Lipinski definition) is 1. The third-order valence-electron chi connectivity index (χ3n) is 2.28. The van der Waals surface area contributed by atoms with E-state index in [1.807, 2.05) is 25.3 Å². The van der Waals surface area contributed by atoms with Gasteiger partial charge in [0.15, 0.2) is 0 Å². The summed E-state index contributed by atoms with van der Waals surface area (Å²) in [5.41, 5.74) is 1.01. The first kappa shape index (κ1) is 14.5. The molecule has 1 N–H and O–H groups in total. The van der Waals surface area contributed by atoms with Gasteiger partial charge in [0.2, 0.25) is 0 Å². The van der Waals surface area contributed by atoms with Gasteiger partial charge in [-0.1, -0.05) is 6.92 Å². The van der Waals surface area contributed by atoms with Crippen LogP contribution in [0.5, 0.6) is 0 Å². The summed E-state index contributed by atoms with van der Waals surface area (Å²) >= 11 is 1.58. The van der Waals surface area contributed by atoms with Crippen molar-refractivity contribution in [2.75, 3.05) is 19.8 Å². The number of thiophene rings is 1. The molecular weight excluding hydrogens is 251 g/mol. The Morgan fingerprint density at radius 2 is 2.18 bits per heavy atom. The minimum atomic E-state index is -4.26. The van der Waals surface area contributed by atoms with E-state index < -0.39 is 12.8 Å². The largest absolute Gasteiger partial charge is 0.411 e. The fraction of sp³-hybridized carbons (Fsp3) is 0.636. The summed E-state index contributed by atoms with van der Waals surface area (Å²) < 4.78 is 40.6. The van der Waals surface area contributed by atoms with Crippen LogP contribution in [0.1, 0.15) is 23.4 Å². The van der Waals surface area contributed by atoms with Gasteiger partial charge in [0.05, 0.1) is 12.6 Å². The fourth-order valence-electron chi connectivity index (χ4n) is 1.55. The van der Waals surface area contributed by atoms with E-state index in [2.05, 4.69) is 5.32 Å². The van der Waals surface area contributed by atoms with Crippen molar-refractivity contribution < 1.29 is 17.9 Å². The maximum Gasteiger partial charge on any atom is 0.411 e. The van der Waals surface area contributed by atoms with Gasteiger partial charge in [0, 0.05) is 4.88 Å². The Morgan fingerprint density at radius 3 is 2.65 bits per heavy atom. The van der Waals surface area contributed by atoms with E-state index in [0.29, 0.717) is 6.54 Å². The van der Waals surface area contributed by atoms with Crippen molar-refractivity contribution in [3.05, 3.63) is 21.9 Å². The molecule has 2 nitrogen and oxygen atoms in total. The van der Waals surface area contributed by atoms with Gasteiger partial charge in [0.25, 0.3) is 0 Å². The lowest BCUT2D eigenvalue weighted by molar-refractivity contribution is -0.175. The number of halogens is 3. The average Bonchev–Trinajstić information content (AvgIpc) is 2.61. The number of ether oxygens (including phenoxy) is 1. The molecule has 1 aromatic rings. The Morgan fingerprint density at radius 1 is 1.47 bits per heavy atom. The third kappa shape index (κ3) is 5.06. The quantitative estimate of drug-likeness (QED) is 0.854. The topological polar surface area (TPSA) is 21.3 Å². The van der Waals surface area contributed by atoms with Crippen LogP contribution >= 0.6 is 11.3 Å². The molecule has 0 aromatic carbocycles. The molecule has 17 heavy (non-hydrogen) atoms. The molecule has 0 saturated heterocycles. The molecule has 0 saturated carbocycles. The summed E-state index contributed by atoms with van der Waals surface area (Å²) in [6, 6.07) is 1.75. The van der Waals surface area contributed by atoms with Crippen LogP contribution in [0.15, 0.2) is 11.4 Å². The minimum Gasteiger partial charge on any atom is -0.370 e. The summed E-state index contributed by atoms with van der Waals surface area (Å²) in [4.78, 5) is 1.10. The van der Waals surface area contributed by atoms with Crippen LogP contribution in [-0.2, 0) is 4.74 Å². The van der Waals surface area contributed by atoms with Crippen LogP contribution < -0.4 is 5.32 Å². The number of rotatable bonds is 6. The van der Waals surface area contributed by atoms with E-state index in [4.69, 9.17) is 4.74 Å². The van der Waals surface area contributed by atoms with E-state index in [0.717, 1.165) is 10.4 Å². The van der Waals surface area contributed by atoms with E-state index in [9.17, 15) is 13.2 Å². The molecule has 0 aliphatic carbocycles. The first-order valence-electron chi connectivity index (χ1n) is 5.36. The normalized spacial score (nSPS) is 13.9. The number of alkyl halides is 3. The van der Waals surface area contributed by atoms with Crippen LogP contribution in [0.25, 0.3) is 0 Å². The Labute approximate surface area is 103 Å². The van der Waals surface area contributed by atoms with Crippen molar-refractivity contribution >= 4 is 11.3 Å². The second kappa shape index (κ2) is 6.37. The number of hydrogen-bond acceptors (Lipinski definition) is 3. The second-order valence-electron chi connectivity index (χ2n) is 3.67. The van der Waals surface area contributed by atoms with Crippen LogP contribution in [0, 0.1) is 6.92 Å². The molecule has 0 aliphatic heterocycles. The lowest BCUT2D eigenvalue weighted by Crippen LogP contribution is -2.28. The summed E-state index contributed by atoms with van der Waals surface area (Å²) in [5.74, 6) is 0. The molecule has 98 valence electrons. The van der Waals surface area contributed by atoms with E-state index in [1.165, 1.54) is 0 Å². The molecule has 0 fully saturated rings. The summed E-state index contributed by atoms with van der Waals surface area (Å²) in [6.07, 6.45) is -4.26. The zero-order valence-corrected chi connectivity index (χ0v) is 10.6. The van der Waals surface area contributed by atoms with E-state index in [1.54, 1.807) is 11.3 Å². The highest BCUT2D eigenvalue weighted by molar-refractivity contribution is 7.10. The molecule has 0 bridgehead atoms. The fourth-order valence-corrected chi connectivity index (χ4v) is 2.32. The molecule has 1 heterocycles. The van der Waals surface area contributed by atoms with Gasteiger partial charge in [-0.05, 0) is 30.5 Å². The molecule has 1 aromatic heterocycles. The number of aryl methyl sites for hydroxylation is 1. The standard InChI is InChI=1S/C11H16F3NOS/c1-3-15-10(6-16-7-11(12,13)14)9-4-5-17-8(9)2/h4-5,10,15H,3,6-7H2,1-2H3. The van der Waals surface area contributed by atoms with Crippen molar-refractivity contribution in [3.63, 3.8) is 0 Å². The first-order valence-corrected chi connectivity index (χ1v) is 6.24. The van der Waals surface area contributed by atoms with Crippen molar-refractivity contribution in [2.24, 2.45) is 0 Å². The van der Waals surface area contributed by atoms with Crippen molar-refractivity contribution in [1.82, 2.24) is 5.32 Å². The molecule has 0 radical (unpaired) electrons. The molecule has 6 heteroatoms. The maximum atomic E-state index is 12.0. The Kier molecular flexibility index (Phi) is 5.42. The van der Waals surface area contributed by atoms with Crippen LogP contribution in [-0.4, -0.2) is 25.9 Å². The van der Waals surface area contributed by atoms with Gasteiger partial charge in [-0.15, -0.1) is 11.3 Å². The van der Waals surface area contributed by atoms with Crippen LogP contribution in [0.4, 0.5) is 13.2 Å². The highest BCUT2D eigenvalue weighted by Crippen LogP contribution is 2.23. The Hall–Kier alpha value is -0.590. The molecular formula is C11H16F3NOS. The summed E-state index contributed by atoms with van der Waals surface area (Å²) in [5, 5.41) is 5.06. The van der Waals surface area contributed by atoms with Crippen LogP contribution in [0.2, 0.25) is 0 Å². The maximum absolute atomic E-state index is 12.0. The van der Waals surface area contributed by atoms with Crippen molar-refractivity contribution in [2.45, 2.75) is 26.1 Å². The van der Waals surface area contributed by atoms with Gasteiger partial charge in [-0.2, -0.15) is 13.2 Å². The highest BCUT2D eigenvalue weighted by atomic mass is 32.1. The van der Waals surface area contributed by atoms with Gasteiger partial charge < -0.3 is 10.1 Å². The average molecular weight is 267 g/mol. The van der Waals surface area contributed by atoms with Gasteiger partial charge in [0.1, 0.15) is 6.61 Å². The number of nitrogens with one attached hydrogen (secondary N) is 1. The van der Waals surface area contributed by atoms with E-state index in [-0.39, 0.29) is 12.6 Å². The molecule has 1 rings (SSSR count). The SMILES string of the molecule is CCNC(COCC(F)(F)F)c1ccsc1C. The smallest absolute Gasteiger partial charge is 0.370 e. The highest BCUT2D eigenvalue weighted by Gasteiger charge is 2.28. The predicted molar refractivity (Wildman–Crippen MR) is 62.3 cm³/mol. The first-order chi connectivity index (χ1) is 7.94. The zero-order chi connectivity index (χ0) is 12.9. The van der Waals surface area contributed by atoms with Crippen LogP contribution in [0.3, 0.4) is 0 Å². The molecule has 0 aliphatic rings. The second-order valence-corrected chi connectivity index (χ2v) is 4.79. The monoisotopic (exact) mass is 267 g/mol. The van der Waals surface area contributed by atoms with Crippen molar-refractivity contribution in [1.29, 1.82) is 0 Å². The molecule has 1 atom stereocenters. The predicted octanol–water partition coefficient (Wildman–Crippen LogP) is 3.29. The summed E-state index contributed by atoms with van der Waals surface area (Å²) in [7, 11) is 0. The zero-order valence-electron chi connectivity index (χ0n) is 9.80. The lowest BCUT2D eigenvalue weighted by Gasteiger charge is -2.18. The Bertz CT molecular complexity index is 338. The summed E-state index contributed by atoms with van der Waals surface area (Å²) in [6.45, 7) is 3.39. The van der Waals surface area contributed by atoms with Gasteiger partial charge in [-0.3, -0.25) is 0 Å². The molecule has 1 unspecified atom stereocenters. The van der Waals surface area contributed by atoms with Gasteiger partial charge >= 0.3 is 6.18 Å². The van der Waals surface area contributed by atoms with Crippen molar-refractivity contribution in [3.8, 4) is 0 Å². The molecule has 0 spiro atoms. The van der Waals surface area contributed by atoms with E-state index >= 15 is 0 Å². The van der Waals surface area contributed by atoms with Gasteiger partial charge in [-0.25, -0.2) is 0 Å². The Balaban J connectivity index is 2.53. The number of likely N-dealkylation sites (N-methyl/N-ethyl adjacent to an activating group) is 1. The third-order valence-corrected chi connectivity index (χ3v) is 3.14. The lowest BCUT2D eigenvalue weighted by atomic mass is 10.1. The molecule has 0 amide bonds.